The summed E-state index contributed by atoms with van der Waals surface area (Å²) < 4.78 is 43.0. The van der Waals surface area contributed by atoms with Crippen LogP contribution >= 0.6 is 15.9 Å². The predicted octanol–water partition coefficient (Wildman–Crippen LogP) is 4.30. The fraction of sp³-hybridized carbons (Fsp3) is 0.500. The van der Waals surface area contributed by atoms with Crippen LogP contribution in [0.2, 0.25) is 0 Å². The van der Waals surface area contributed by atoms with E-state index in [-0.39, 0.29) is 5.60 Å². The van der Waals surface area contributed by atoms with Gasteiger partial charge >= 0.3 is 6.18 Å². The molecule has 0 bridgehead atoms. The first-order valence-corrected chi connectivity index (χ1v) is 6.11. The first-order chi connectivity index (χ1) is 8.15. The van der Waals surface area contributed by atoms with Crippen molar-refractivity contribution in [3.63, 3.8) is 0 Å². The van der Waals surface area contributed by atoms with Crippen LogP contribution in [0.4, 0.5) is 18.9 Å². The molecule has 0 radical (unpaired) electrons. The van der Waals surface area contributed by atoms with Gasteiger partial charge in [0.2, 0.25) is 0 Å². The molecule has 0 aliphatic carbocycles. The van der Waals surface area contributed by atoms with Crippen LogP contribution in [0.1, 0.15) is 19.4 Å². The zero-order valence-corrected chi connectivity index (χ0v) is 11.9. The molecule has 0 aliphatic rings. The maximum Gasteiger partial charge on any atom is 0.416 e. The molecule has 6 heteroatoms. The Bertz CT molecular complexity index is 418. The lowest BCUT2D eigenvalue weighted by Crippen LogP contribution is -2.32. The molecule has 0 saturated carbocycles. The van der Waals surface area contributed by atoms with Crippen molar-refractivity contribution in [1.82, 2.24) is 0 Å². The highest BCUT2D eigenvalue weighted by Crippen LogP contribution is 2.34. The van der Waals surface area contributed by atoms with E-state index in [0.29, 0.717) is 16.7 Å². The second kappa shape index (κ2) is 5.48. The molecule has 1 N–H and O–H groups in total. The van der Waals surface area contributed by atoms with Gasteiger partial charge in [0.1, 0.15) is 0 Å². The first kappa shape index (κ1) is 15.3. The van der Waals surface area contributed by atoms with Crippen molar-refractivity contribution in [2.45, 2.75) is 25.6 Å². The Balaban J connectivity index is 2.81. The van der Waals surface area contributed by atoms with Crippen molar-refractivity contribution in [2.24, 2.45) is 0 Å². The molecule has 102 valence electrons. The number of halogens is 4. The number of anilines is 1. The van der Waals surface area contributed by atoms with Crippen molar-refractivity contribution in [3.8, 4) is 0 Å². The maximum atomic E-state index is 12.5. The molecule has 0 aromatic heterocycles. The summed E-state index contributed by atoms with van der Waals surface area (Å²) in [6.07, 6.45) is -4.33. The van der Waals surface area contributed by atoms with Gasteiger partial charge in [0.05, 0.1) is 11.2 Å². The summed E-state index contributed by atoms with van der Waals surface area (Å²) in [5.74, 6) is 0. The zero-order chi connectivity index (χ0) is 14.0. The van der Waals surface area contributed by atoms with Crippen molar-refractivity contribution in [1.29, 1.82) is 0 Å². The first-order valence-electron chi connectivity index (χ1n) is 5.31. The van der Waals surface area contributed by atoms with Gasteiger partial charge < -0.3 is 10.1 Å². The van der Waals surface area contributed by atoms with Gasteiger partial charge in [-0.3, -0.25) is 0 Å². The lowest BCUT2D eigenvalue weighted by Gasteiger charge is -2.24. The van der Waals surface area contributed by atoms with E-state index in [1.54, 1.807) is 7.11 Å². The van der Waals surface area contributed by atoms with E-state index < -0.39 is 11.7 Å². The van der Waals surface area contributed by atoms with Crippen molar-refractivity contribution < 1.29 is 17.9 Å². The molecular weight excluding hydrogens is 311 g/mol. The second-order valence-electron chi connectivity index (χ2n) is 4.51. The van der Waals surface area contributed by atoms with Gasteiger partial charge in [0.15, 0.2) is 0 Å². The summed E-state index contributed by atoms with van der Waals surface area (Å²) in [7, 11) is 1.59. The number of benzene rings is 1. The predicted molar refractivity (Wildman–Crippen MR) is 68.7 cm³/mol. The van der Waals surface area contributed by atoms with Crippen LogP contribution in [-0.4, -0.2) is 19.3 Å². The Morgan fingerprint density at radius 1 is 1.28 bits per heavy atom. The Morgan fingerprint density at radius 2 is 1.89 bits per heavy atom. The molecule has 1 rings (SSSR count). The molecule has 0 fully saturated rings. The minimum atomic E-state index is -4.33. The van der Waals surface area contributed by atoms with Crippen LogP contribution in [0.5, 0.6) is 0 Å². The van der Waals surface area contributed by atoms with Gasteiger partial charge in [-0.25, -0.2) is 0 Å². The van der Waals surface area contributed by atoms with Crippen LogP contribution in [0.15, 0.2) is 22.7 Å². The monoisotopic (exact) mass is 325 g/mol. The van der Waals surface area contributed by atoms with E-state index in [2.05, 4.69) is 21.2 Å². The van der Waals surface area contributed by atoms with E-state index in [9.17, 15) is 13.2 Å². The molecule has 0 saturated heterocycles. The number of ether oxygens (including phenoxy) is 1. The minimum absolute atomic E-state index is 0.379. The third kappa shape index (κ3) is 4.17. The van der Waals surface area contributed by atoms with Crippen LogP contribution in [0.25, 0.3) is 0 Å². The second-order valence-corrected chi connectivity index (χ2v) is 5.36. The van der Waals surface area contributed by atoms with Crippen molar-refractivity contribution >= 4 is 21.6 Å². The van der Waals surface area contributed by atoms with Crippen LogP contribution < -0.4 is 5.32 Å². The number of nitrogens with one attached hydrogen (secondary N) is 1. The number of hydrogen-bond acceptors (Lipinski definition) is 2. The van der Waals surface area contributed by atoms with Gasteiger partial charge in [0, 0.05) is 23.8 Å². The molecule has 0 spiro atoms. The average molecular weight is 326 g/mol. The van der Waals surface area contributed by atoms with E-state index in [4.69, 9.17) is 4.74 Å². The van der Waals surface area contributed by atoms with Crippen LogP contribution in [0, 0.1) is 0 Å². The van der Waals surface area contributed by atoms with Gasteiger partial charge in [-0.15, -0.1) is 0 Å². The average Bonchev–Trinajstić information content (AvgIpc) is 2.26. The molecule has 0 unspecified atom stereocenters. The molecule has 1 aromatic rings. The fourth-order valence-corrected chi connectivity index (χ4v) is 1.73. The zero-order valence-electron chi connectivity index (χ0n) is 10.4. The van der Waals surface area contributed by atoms with Crippen LogP contribution in [0.3, 0.4) is 0 Å². The molecule has 1 aromatic carbocycles. The number of hydrogen-bond donors (Lipinski definition) is 1. The summed E-state index contributed by atoms with van der Waals surface area (Å²) in [5, 5.41) is 3.04. The molecule has 0 amide bonds. The molecular formula is C12H15BrF3NO. The molecule has 18 heavy (non-hydrogen) atoms. The van der Waals surface area contributed by atoms with Gasteiger partial charge in [-0.2, -0.15) is 13.2 Å². The molecule has 0 heterocycles. The van der Waals surface area contributed by atoms with E-state index in [1.807, 2.05) is 13.8 Å². The summed E-state index contributed by atoms with van der Waals surface area (Å²) in [4.78, 5) is 0. The highest BCUT2D eigenvalue weighted by molar-refractivity contribution is 9.10. The van der Waals surface area contributed by atoms with Gasteiger partial charge in [-0.1, -0.05) is 0 Å². The van der Waals surface area contributed by atoms with Crippen molar-refractivity contribution in [2.75, 3.05) is 19.0 Å². The normalized spacial score (nSPS) is 12.6. The fourth-order valence-electron chi connectivity index (χ4n) is 1.22. The molecule has 2 nitrogen and oxygen atoms in total. The Labute approximate surface area is 113 Å². The van der Waals surface area contributed by atoms with Crippen LogP contribution in [-0.2, 0) is 10.9 Å². The standard InChI is InChI=1S/C12H15BrF3NO/c1-11(2,18-3)7-17-10-5-4-8(6-9(10)13)12(14,15)16/h4-6,17H,7H2,1-3H3. The third-order valence-electron chi connectivity index (χ3n) is 2.55. The number of methoxy groups -OCH3 is 1. The maximum absolute atomic E-state index is 12.5. The smallest absolute Gasteiger partial charge is 0.381 e. The van der Waals surface area contributed by atoms with Gasteiger partial charge in [-0.05, 0) is 48.0 Å². The number of alkyl halides is 3. The van der Waals surface area contributed by atoms with E-state index in [0.717, 1.165) is 12.1 Å². The molecule has 0 atom stereocenters. The Kier molecular flexibility index (Phi) is 4.66. The Hall–Kier alpha value is -0.750. The van der Waals surface area contributed by atoms with Crippen molar-refractivity contribution in [3.05, 3.63) is 28.2 Å². The summed E-state index contributed by atoms with van der Waals surface area (Å²) in [5.41, 5.74) is -0.457. The van der Waals surface area contributed by atoms with E-state index >= 15 is 0 Å². The third-order valence-corrected chi connectivity index (χ3v) is 3.21. The summed E-state index contributed by atoms with van der Waals surface area (Å²) >= 11 is 3.13. The Morgan fingerprint density at radius 3 is 2.33 bits per heavy atom. The topological polar surface area (TPSA) is 21.3 Å². The highest BCUT2D eigenvalue weighted by atomic mass is 79.9. The lowest BCUT2D eigenvalue weighted by molar-refractivity contribution is -0.137. The van der Waals surface area contributed by atoms with E-state index in [1.165, 1.54) is 6.07 Å². The summed E-state index contributed by atoms with van der Waals surface area (Å²) in [6.45, 7) is 4.27. The minimum Gasteiger partial charge on any atom is -0.381 e. The SMILES string of the molecule is COC(C)(C)CNc1ccc(C(F)(F)F)cc1Br. The molecule has 0 aliphatic heterocycles. The lowest BCUT2D eigenvalue weighted by atomic mass is 10.1. The quantitative estimate of drug-likeness (QED) is 0.890. The number of rotatable bonds is 4. The van der Waals surface area contributed by atoms with Gasteiger partial charge in [0.25, 0.3) is 0 Å². The highest BCUT2D eigenvalue weighted by Gasteiger charge is 2.30. The largest absolute Gasteiger partial charge is 0.416 e. The summed E-state index contributed by atoms with van der Waals surface area (Å²) in [6, 6.07) is 3.51.